The van der Waals surface area contributed by atoms with Crippen molar-refractivity contribution in [2.75, 3.05) is 5.32 Å². The van der Waals surface area contributed by atoms with Gasteiger partial charge in [0, 0.05) is 35.7 Å². The Morgan fingerprint density at radius 3 is 2.93 bits per heavy atom. The lowest BCUT2D eigenvalue weighted by atomic mass is 9.96. The van der Waals surface area contributed by atoms with Gasteiger partial charge in [0.2, 0.25) is 12.3 Å². The third-order valence-corrected chi connectivity index (χ3v) is 4.99. The van der Waals surface area contributed by atoms with Crippen LogP contribution in [0.5, 0.6) is 0 Å². The molecule has 3 heterocycles. The molecule has 0 aliphatic heterocycles. The Hall–Kier alpha value is -3.46. The molecule has 0 aliphatic carbocycles. The van der Waals surface area contributed by atoms with Gasteiger partial charge in [-0.05, 0) is 24.6 Å². The highest BCUT2D eigenvalue weighted by Gasteiger charge is 2.25. The second-order valence-corrected chi connectivity index (χ2v) is 6.95. The van der Waals surface area contributed by atoms with E-state index < -0.39 is 11.9 Å². The number of nitrogens with one attached hydrogen (secondary N) is 3. The lowest BCUT2D eigenvalue weighted by Crippen LogP contribution is -2.24. The molecule has 0 spiro atoms. The maximum Gasteiger partial charge on any atom is 0.217 e. The van der Waals surface area contributed by atoms with Gasteiger partial charge in [0.25, 0.3) is 0 Å². The van der Waals surface area contributed by atoms with E-state index in [1.165, 1.54) is 6.92 Å². The number of aromatic nitrogens is 4. The number of hydrogen-bond donors (Lipinski definition) is 3. The SMILES string of the molecule is CC(=O)NC(C)c1c(F)c(Cl)c(-c2ccn3nc(NC=O)cc3c2)c2cn[nH]c12. The van der Waals surface area contributed by atoms with Crippen LogP contribution in [0, 0.1) is 5.82 Å². The average molecular weight is 415 g/mol. The first-order chi connectivity index (χ1) is 13.9. The quantitative estimate of drug-likeness (QED) is 0.435. The summed E-state index contributed by atoms with van der Waals surface area (Å²) in [6.45, 7) is 3.04. The predicted octanol–water partition coefficient (Wildman–Crippen LogP) is 3.44. The van der Waals surface area contributed by atoms with Gasteiger partial charge in [-0.3, -0.25) is 14.7 Å². The van der Waals surface area contributed by atoms with Crippen LogP contribution in [0.25, 0.3) is 27.5 Å². The molecule has 4 rings (SSSR count). The number of aromatic amines is 1. The van der Waals surface area contributed by atoms with Crippen LogP contribution in [-0.4, -0.2) is 32.1 Å². The smallest absolute Gasteiger partial charge is 0.217 e. The van der Waals surface area contributed by atoms with Gasteiger partial charge < -0.3 is 10.6 Å². The maximum absolute atomic E-state index is 15.3. The monoisotopic (exact) mass is 414 g/mol. The molecular weight excluding hydrogens is 399 g/mol. The van der Waals surface area contributed by atoms with Crippen LogP contribution in [0.1, 0.15) is 25.5 Å². The standard InChI is InChI=1S/C19H16ClFN6O2/c1-9(24-10(2)29)15-18(21)17(20)16(13-7-23-25-19(13)15)11-3-4-27-12(5-11)6-14(26-27)22-8-28/h3-9H,1-2H3,(H,23,25)(H,24,29)(H,22,26,28). The fourth-order valence-corrected chi connectivity index (χ4v) is 3.80. The van der Waals surface area contributed by atoms with E-state index in [-0.39, 0.29) is 16.5 Å². The lowest BCUT2D eigenvalue weighted by Gasteiger charge is -2.18. The molecule has 1 unspecified atom stereocenters. The lowest BCUT2D eigenvalue weighted by molar-refractivity contribution is -0.119. The van der Waals surface area contributed by atoms with Gasteiger partial charge >= 0.3 is 0 Å². The zero-order valence-corrected chi connectivity index (χ0v) is 16.2. The van der Waals surface area contributed by atoms with Crippen molar-refractivity contribution in [3.8, 4) is 11.1 Å². The molecule has 0 fully saturated rings. The van der Waals surface area contributed by atoms with E-state index in [0.29, 0.717) is 39.8 Å². The van der Waals surface area contributed by atoms with Crippen LogP contribution in [0.3, 0.4) is 0 Å². The van der Waals surface area contributed by atoms with Crippen molar-refractivity contribution in [3.05, 3.63) is 47.0 Å². The Balaban J connectivity index is 1.92. The minimum atomic E-state index is -0.628. The van der Waals surface area contributed by atoms with Gasteiger partial charge in [-0.2, -0.15) is 10.2 Å². The number of carbonyl (C=O) groups is 2. The summed E-state index contributed by atoms with van der Waals surface area (Å²) < 4.78 is 16.9. The van der Waals surface area contributed by atoms with Crippen LogP contribution in [0.15, 0.2) is 30.6 Å². The van der Waals surface area contributed by atoms with Crippen LogP contribution >= 0.6 is 11.6 Å². The van der Waals surface area contributed by atoms with Crippen molar-refractivity contribution >= 4 is 46.2 Å². The summed E-state index contributed by atoms with van der Waals surface area (Å²) in [6, 6.07) is 4.61. The largest absolute Gasteiger partial charge is 0.350 e. The number of benzene rings is 1. The number of pyridine rings is 1. The minimum Gasteiger partial charge on any atom is -0.350 e. The molecule has 1 atom stereocenters. The topological polar surface area (TPSA) is 104 Å². The summed E-state index contributed by atoms with van der Waals surface area (Å²) >= 11 is 6.45. The fourth-order valence-electron chi connectivity index (χ4n) is 3.48. The number of amides is 2. The number of rotatable bonds is 5. The number of carbonyl (C=O) groups excluding carboxylic acids is 2. The summed E-state index contributed by atoms with van der Waals surface area (Å²) in [5.41, 5.74) is 2.52. The summed E-state index contributed by atoms with van der Waals surface area (Å²) in [5.74, 6) is -0.519. The van der Waals surface area contributed by atoms with Crippen molar-refractivity contribution in [1.82, 2.24) is 25.1 Å². The molecule has 3 aromatic heterocycles. The third kappa shape index (κ3) is 3.19. The molecule has 4 aromatic rings. The van der Waals surface area contributed by atoms with Gasteiger partial charge in [-0.25, -0.2) is 8.91 Å². The average Bonchev–Trinajstić information content (AvgIpc) is 3.28. The first kappa shape index (κ1) is 18.9. The van der Waals surface area contributed by atoms with E-state index in [1.807, 2.05) is 0 Å². The summed E-state index contributed by atoms with van der Waals surface area (Å²) in [6.07, 6.45) is 3.80. The van der Waals surface area contributed by atoms with Crippen LogP contribution in [-0.2, 0) is 9.59 Å². The van der Waals surface area contributed by atoms with Crippen molar-refractivity contribution < 1.29 is 14.0 Å². The second kappa shape index (κ2) is 7.17. The van der Waals surface area contributed by atoms with Gasteiger partial charge in [0.05, 0.1) is 28.3 Å². The predicted molar refractivity (Wildman–Crippen MR) is 107 cm³/mol. The van der Waals surface area contributed by atoms with Crippen molar-refractivity contribution in [3.63, 3.8) is 0 Å². The summed E-state index contributed by atoms with van der Waals surface area (Å²) in [4.78, 5) is 22.1. The van der Waals surface area contributed by atoms with E-state index in [2.05, 4.69) is 25.9 Å². The molecule has 10 heteroatoms. The Morgan fingerprint density at radius 1 is 1.41 bits per heavy atom. The number of hydrogen-bond acceptors (Lipinski definition) is 4. The molecule has 2 amide bonds. The Kier molecular flexibility index (Phi) is 4.67. The molecule has 0 saturated heterocycles. The van der Waals surface area contributed by atoms with Gasteiger partial charge in [-0.1, -0.05) is 11.6 Å². The fraction of sp³-hybridized carbons (Fsp3) is 0.158. The zero-order valence-electron chi connectivity index (χ0n) is 15.5. The Bertz CT molecular complexity index is 1260. The van der Waals surface area contributed by atoms with Gasteiger partial charge in [0.1, 0.15) is 5.82 Å². The normalized spacial score (nSPS) is 12.3. The highest BCUT2D eigenvalue weighted by atomic mass is 35.5. The van der Waals surface area contributed by atoms with E-state index in [0.717, 1.165) is 0 Å². The highest BCUT2D eigenvalue weighted by Crippen LogP contribution is 2.41. The molecular formula is C19H16ClFN6O2. The molecule has 148 valence electrons. The van der Waals surface area contributed by atoms with Crippen molar-refractivity contribution in [2.45, 2.75) is 19.9 Å². The third-order valence-electron chi connectivity index (χ3n) is 4.64. The molecule has 0 saturated carbocycles. The molecule has 3 N–H and O–H groups in total. The minimum absolute atomic E-state index is 0.0683. The van der Waals surface area contributed by atoms with Crippen LogP contribution in [0.4, 0.5) is 10.2 Å². The summed E-state index contributed by atoms with van der Waals surface area (Å²) in [7, 11) is 0. The molecule has 1 aromatic carbocycles. The van der Waals surface area contributed by atoms with E-state index in [9.17, 15) is 9.59 Å². The number of halogens is 2. The summed E-state index contributed by atoms with van der Waals surface area (Å²) in [5, 5.41) is 16.8. The highest BCUT2D eigenvalue weighted by molar-refractivity contribution is 6.35. The molecule has 29 heavy (non-hydrogen) atoms. The Labute approximate surface area is 169 Å². The maximum atomic E-state index is 15.3. The van der Waals surface area contributed by atoms with E-state index in [4.69, 9.17) is 11.6 Å². The van der Waals surface area contributed by atoms with Crippen LogP contribution in [0.2, 0.25) is 5.02 Å². The van der Waals surface area contributed by atoms with Crippen LogP contribution < -0.4 is 10.6 Å². The number of anilines is 1. The number of nitrogens with zero attached hydrogens (tertiary/aromatic N) is 3. The first-order valence-electron chi connectivity index (χ1n) is 8.71. The van der Waals surface area contributed by atoms with Gasteiger partial charge in [0.15, 0.2) is 5.82 Å². The molecule has 0 aliphatic rings. The first-order valence-corrected chi connectivity index (χ1v) is 9.09. The Morgan fingerprint density at radius 2 is 2.21 bits per heavy atom. The van der Waals surface area contributed by atoms with Crippen molar-refractivity contribution in [1.29, 1.82) is 0 Å². The van der Waals surface area contributed by atoms with E-state index >= 15 is 4.39 Å². The van der Waals surface area contributed by atoms with Crippen molar-refractivity contribution in [2.24, 2.45) is 0 Å². The number of H-pyrrole nitrogens is 1. The molecule has 0 radical (unpaired) electrons. The van der Waals surface area contributed by atoms with Gasteiger partial charge in [-0.15, -0.1) is 0 Å². The zero-order chi connectivity index (χ0) is 20.7. The van der Waals surface area contributed by atoms with E-state index in [1.54, 1.807) is 42.0 Å². The second-order valence-electron chi connectivity index (χ2n) is 6.57. The molecule has 0 bridgehead atoms. The number of fused-ring (bicyclic) bond motifs is 2. The molecule has 8 nitrogen and oxygen atoms in total.